The van der Waals surface area contributed by atoms with Gasteiger partial charge in [-0.2, -0.15) is 0 Å². The molecule has 0 amide bonds. The van der Waals surface area contributed by atoms with Crippen LogP contribution in [0, 0.1) is 6.92 Å². The third-order valence-electron chi connectivity index (χ3n) is 6.76. The molecule has 3 heterocycles. The Morgan fingerprint density at radius 2 is 1.74 bits per heavy atom. The fourth-order valence-electron chi connectivity index (χ4n) is 4.90. The molecule has 2 aromatic carbocycles. The lowest BCUT2D eigenvalue weighted by molar-refractivity contribution is 0.600. The van der Waals surface area contributed by atoms with E-state index in [9.17, 15) is 8.42 Å². The maximum atomic E-state index is 13.5. The first-order valence-electron chi connectivity index (χ1n) is 11.7. The van der Waals surface area contributed by atoms with Crippen LogP contribution >= 0.6 is 11.3 Å². The molecule has 2 aliphatic rings. The standard InChI is InChI=1S/C30H24O3S2/c1-19-24(17-27(34-19)21-11-5-3-6-12-21)29-23-15-9-10-16-26(23)33-30(29)25-18-28(35(31,32)20(25)2)22-13-7-4-8-14-22/h3-7,9-13,15-18H,8,14H2,1-2H3. The summed E-state index contributed by atoms with van der Waals surface area (Å²) in [5, 5.41) is 0.988. The highest BCUT2D eigenvalue weighted by molar-refractivity contribution is 7.99. The number of rotatable bonds is 4. The first kappa shape index (κ1) is 22.1. The normalized spacial score (nSPS) is 17.2. The molecule has 0 bridgehead atoms. The van der Waals surface area contributed by atoms with Crippen LogP contribution in [0.3, 0.4) is 0 Å². The third kappa shape index (κ3) is 3.58. The molecule has 0 atom stereocenters. The smallest absolute Gasteiger partial charge is 0.203 e. The summed E-state index contributed by atoms with van der Waals surface area (Å²) in [6, 6.07) is 20.5. The van der Waals surface area contributed by atoms with Crippen molar-refractivity contribution in [3.05, 3.63) is 111 Å². The molecule has 0 fully saturated rings. The summed E-state index contributed by atoms with van der Waals surface area (Å²) in [5.41, 5.74) is 5.46. The van der Waals surface area contributed by atoms with Crippen molar-refractivity contribution < 1.29 is 12.8 Å². The summed E-state index contributed by atoms with van der Waals surface area (Å²) in [6.07, 6.45) is 9.30. The van der Waals surface area contributed by atoms with Crippen LogP contribution in [0.4, 0.5) is 0 Å². The molecule has 0 saturated heterocycles. The van der Waals surface area contributed by atoms with Gasteiger partial charge in [0, 0.05) is 31.8 Å². The molecule has 174 valence electrons. The zero-order valence-electron chi connectivity index (χ0n) is 19.5. The van der Waals surface area contributed by atoms with Gasteiger partial charge in [0.1, 0.15) is 11.3 Å². The lowest BCUT2D eigenvalue weighted by atomic mass is 9.97. The summed E-state index contributed by atoms with van der Waals surface area (Å²) < 4.78 is 33.3. The minimum absolute atomic E-state index is 0.347. The quantitative estimate of drug-likeness (QED) is 0.285. The Kier molecular flexibility index (Phi) is 5.28. The maximum Gasteiger partial charge on any atom is 0.203 e. The van der Waals surface area contributed by atoms with Crippen LogP contribution < -0.4 is 0 Å². The lowest BCUT2D eigenvalue weighted by Gasteiger charge is -2.10. The second-order valence-electron chi connectivity index (χ2n) is 8.89. The van der Waals surface area contributed by atoms with Crippen LogP contribution in [0.25, 0.3) is 38.1 Å². The van der Waals surface area contributed by atoms with E-state index in [2.05, 4.69) is 37.3 Å². The molecular weight excluding hydrogens is 472 g/mol. The van der Waals surface area contributed by atoms with Gasteiger partial charge in [0.15, 0.2) is 0 Å². The van der Waals surface area contributed by atoms with Gasteiger partial charge in [0.05, 0.1) is 9.81 Å². The number of allylic oxidation sites excluding steroid dienone is 7. The summed E-state index contributed by atoms with van der Waals surface area (Å²) >= 11 is 1.74. The molecule has 2 aromatic heterocycles. The molecule has 35 heavy (non-hydrogen) atoms. The minimum atomic E-state index is -3.57. The number of hydrogen-bond donors (Lipinski definition) is 0. The van der Waals surface area contributed by atoms with Crippen molar-refractivity contribution in [2.75, 3.05) is 0 Å². The first-order valence-corrected chi connectivity index (χ1v) is 14.0. The summed E-state index contributed by atoms with van der Waals surface area (Å²) in [4.78, 5) is 3.08. The number of benzene rings is 2. The molecule has 5 heteroatoms. The molecule has 0 N–H and O–H groups in total. The van der Waals surface area contributed by atoms with Crippen LogP contribution in [-0.2, 0) is 9.84 Å². The predicted molar refractivity (Wildman–Crippen MR) is 146 cm³/mol. The van der Waals surface area contributed by atoms with Crippen molar-refractivity contribution in [2.24, 2.45) is 0 Å². The average molecular weight is 497 g/mol. The van der Waals surface area contributed by atoms with Crippen LogP contribution in [0.15, 0.2) is 105 Å². The zero-order valence-corrected chi connectivity index (χ0v) is 21.2. The highest BCUT2D eigenvalue weighted by Crippen LogP contribution is 2.48. The number of fused-ring (bicyclic) bond motifs is 1. The Morgan fingerprint density at radius 3 is 2.51 bits per heavy atom. The number of aryl methyl sites for hydroxylation is 1. The SMILES string of the molecule is CC1=C(c2oc3ccccc3c2-c2cc(-c3ccccc3)sc2C)C=C(C2=CC=CCC2)S1(=O)=O. The van der Waals surface area contributed by atoms with Crippen molar-refractivity contribution in [2.45, 2.75) is 26.7 Å². The van der Waals surface area contributed by atoms with E-state index in [1.807, 2.05) is 54.6 Å². The van der Waals surface area contributed by atoms with E-state index in [1.165, 1.54) is 15.3 Å². The Hall–Kier alpha value is -3.41. The molecule has 6 rings (SSSR count). The second-order valence-corrected chi connectivity index (χ2v) is 12.2. The fraction of sp³-hybridized carbons (Fsp3) is 0.133. The zero-order chi connectivity index (χ0) is 24.2. The van der Waals surface area contributed by atoms with E-state index in [-0.39, 0.29) is 0 Å². The number of hydrogen-bond acceptors (Lipinski definition) is 4. The fourth-order valence-corrected chi connectivity index (χ4v) is 7.49. The molecule has 0 unspecified atom stereocenters. The van der Waals surface area contributed by atoms with E-state index < -0.39 is 9.84 Å². The van der Waals surface area contributed by atoms with Crippen molar-refractivity contribution in [3.63, 3.8) is 0 Å². The lowest BCUT2D eigenvalue weighted by Crippen LogP contribution is -2.04. The summed E-state index contributed by atoms with van der Waals surface area (Å²) in [5.74, 6) is 0.620. The van der Waals surface area contributed by atoms with E-state index in [1.54, 1.807) is 18.3 Å². The van der Waals surface area contributed by atoms with Crippen molar-refractivity contribution in [1.82, 2.24) is 0 Å². The van der Waals surface area contributed by atoms with Crippen molar-refractivity contribution >= 4 is 37.7 Å². The Morgan fingerprint density at radius 1 is 0.971 bits per heavy atom. The summed E-state index contributed by atoms with van der Waals surface area (Å²) in [7, 11) is -3.57. The van der Waals surface area contributed by atoms with Gasteiger partial charge in [-0.1, -0.05) is 66.8 Å². The number of furan rings is 1. The molecule has 4 aromatic rings. The molecule has 0 radical (unpaired) electrons. The van der Waals surface area contributed by atoms with Crippen molar-refractivity contribution in [1.29, 1.82) is 0 Å². The molecule has 0 saturated carbocycles. The minimum Gasteiger partial charge on any atom is -0.455 e. The monoisotopic (exact) mass is 496 g/mol. The first-order chi connectivity index (χ1) is 16.9. The van der Waals surface area contributed by atoms with Crippen LogP contribution in [0.5, 0.6) is 0 Å². The van der Waals surface area contributed by atoms with Gasteiger partial charge in [-0.15, -0.1) is 11.3 Å². The average Bonchev–Trinajstić information content (AvgIpc) is 3.51. The number of sulfone groups is 1. The van der Waals surface area contributed by atoms with E-state index in [0.29, 0.717) is 21.1 Å². The highest BCUT2D eigenvalue weighted by atomic mass is 32.2. The van der Waals surface area contributed by atoms with Gasteiger partial charge in [0.2, 0.25) is 9.84 Å². The van der Waals surface area contributed by atoms with E-state index >= 15 is 0 Å². The predicted octanol–water partition coefficient (Wildman–Crippen LogP) is 8.46. The van der Waals surface area contributed by atoms with Crippen molar-refractivity contribution in [3.8, 4) is 21.6 Å². The van der Waals surface area contributed by atoms with Crippen LogP contribution in [0.1, 0.15) is 30.4 Å². The highest BCUT2D eigenvalue weighted by Gasteiger charge is 2.35. The van der Waals surface area contributed by atoms with Gasteiger partial charge in [0.25, 0.3) is 0 Å². The molecule has 3 nitrogen and oxygen atoms in total. The van der Waals surface area contributed by atoms with Gasteiger partial charge in [-0.25, -0.2) is 8.42 Å². The Balaban J connectivity index is 1.59. The Bertz CT molecular complexity index is 1710. The maximum absolute atomic E-state index is 13.5. The van der Waals surface area contributed by atoms with E-state index in [4.69, 9.17) is 4.42 Å². The van der Waals surface area contributed by atoms with Crippen LogP contribution in [0.2, 0.25) is 0 Å². The number of para-hydroxylation sites is 1. The van der Waals surface area contributed by atoms with Gasteiger partial charge in [-0.3, -0.25) is 0 Å². The molecule has 1 aliphatic heterocycles. The number of thiophene rings is 1. The summed E-state index contributed by atoms with van der Waals surface area (Å²) in [6.45, 7) is 3.81. The van der Waals surface area contributed by atoms with Gasteiger partial charge >= 0.3 is 0 Å². The van der Waals surface area contributed by atoms with E-state index in [0.717, 1.165) is 40.5 Å². The largest absolute Gasteiger partial charge is 0.455 e. The van der Waals surface area contributed by atoms with Gasteiger partial charge < -0.3 is 4.42 Å². The Labute approximate surface area is 209 Å². The molecule has 1 aliphatic carbocycles. The third-order valence-corrected chi connectivity index (χ3v) is 9.85. The molecular formula is C30H24O3S2. The van der Waals surface area contributed by atoms with Crippen LogP contribution in [-0.4, -0.2) is 8.42 Å². The molecule has 0 spiro atoms. The van der Waals surface area contributed by atoms with Gasteiger partial charge in [-0.05, 0) is 56.0 Å². The second kappa shape index (κ2) is 8.36. The topological polar surface area (TPSA) is 47.3 Å².